The Morgan fingerprint density at radius 1 is 1.26 bits per heavy atom. The van der Waals surface area contributed by atoms with Gasteiger partial charge in [0.25, 0.3) is 5.71 Å². The smallest absolute Gasteiger partial charge is 0.336 e. The van der Waals surface area contributed by atoms with Crippen molar-refractivity contribution in [2.75, 3.05) is 7.11 Å². The molecule has 0 saturated heterocycles. The van der Waals surface area contributed by atoms with Gasteiger partial charge in [0.1, 0.15) is 5.75 Å². The number of rotatable bonds is 4. The van der Waals surface area contributed by atoms with Crippen LogP contribution in [-0.4, -0.2) is 28.3 Å². The topological polar surface area (TPSA) is 85.5 Å². The van der Waals surface area contributed by atoms with Crippen molar-refractivity contribution in [2.45, 2.75) is 19.8 Å². The largest absolute Gasteiger partial charge is 0.497 e. The summed E-state index contributed by atoms with van der Waals surface area (Å²) in [5.74, 6) is -0.268. The summed E-state index contributed by atoms with van der Waals surface area (Å²) < 4.78 is 10.4. The van der Waals surface area contributed by atoms with Crippen LogP contribution in [-0.2, 0) is 0 Å². The van der Waals surface area contributed by atoms with Crippen LogP contribution in [0.1, 0.15) is 35.8 Å². The van der Waals surface area contributed by atoms with Crippen LogP contribution in [0.2, 0.25) is 0 Å². The van der Waals surface area contributed by atoms with Gasteiger partial charge in [-0.1, -0.05) is 19.0 Å². The Bertz CT molecular complexity index is 866. The lowest BCUT2D eigenvalue weighted by Gasteiger charge is -2.06. The highest BCUT2D eigenvalue weighted by molar-refractivity contribution is 6.03. The number of methoxy groups -OCH3 is 1. The average molecular weight is 312 g/mol. The van der Waals surface area contributed by atoms with E-state index in [0.717, 1.165) is 11.3 Å². The van der Waals surface area contributed by atoms with Gasteiger partial charge in [0.05, 0.1) is 29.4 Å². The molecule has 2 aromatic heterocycles. The number of carbonyl (C=O) groups is 1. The Labute approximate surface area is 132 Å². The molecule has 1 N–H and O–H groups in total. The number of carboxylic acid groups (broad SMARTS) is 1. The highest BCUT2D eigenvalue weighted by Gasteiger charge is 2.22. The van der Waals surface area contributed by atoms with Crippen LogP contribution in [0.5, 0.6) is 5.75 Å². The third kappa shape index (κ3) is 2.63. The predicted octanol–water partition coefficient (Wildman–Crippen LogP) is 3.72. The van der Waals surface area contributed by atoms with Crippen LogP contribution in [0.15, 0.2) is 34.9 Å². The van der Waals surface area contributed by atoms with Crippen molar-refractivity contribution in [1.29, 1.82) is 0 Å². The molecule has 0 radical (unpaired) electrons. The van der Waals surface area contributed by atoms with E-state index < -0.39 is 5.97 Å². The van der Waals surface area contributed by atoms with Gasteiger partial charge in [0.2, 0.25) is 0 Å². The molecule has 0 atom stereocenters. The van der Waals surface area contributed by atoms with Crippen molar-refractivity contribution < 1.29 is 19.2 Å². The van der Waals surface area contributed by atoms with Gasteiger partial charge in [-0.2, -0.15) is 0 Å². The van der Waals surface area contributed by atoms with Gasteiger partial charge in [0.15, 0.2) is 0 Å². The normalized spacial score (nSPS) is 11.1. The lowest BCUT2D eigenvalue weighted by Crippen LogP contribution is -2.01. The second-order valence-corrected chi connectivity index (χ2v) is 5.49. The lowest BCUT2D eigenvalue weighted by atomic mass is 10.0. The molecule has 0 saturated carbocycles. The minimum absolute atomic E-state index is 0.0444. The quantitative estimate of drug-likeness (QED) is 0.790. The molecule has 118 valence electrons. The van der Waals surface area contributed by atoms with Crippen LogP contribution in [0.3, 0.4) is 0 Å². The molecule has 0 unspecified atom stereocenters. The van der Waals surface area contributed by atoms with Crippen molar-refractivity contribution >= 4 is 17.1 Å². The fourth-order valence-electron chi connectivity index (χ4n) is 2.45. The monoisotopic (exact) mass is 312 g/mol. The van der Waals surface area contributed by atoms with E-state index in [9.17, 15) is 9.90 Å². The summed E-state index contributed by atoms with van der Waals surface area (Å²) in [6, 6.07) is 8.77. The number of hydrogen-bond donors (Lipinski definition) is 1. The Morgan fingerprint density at radius 2 is 1.96 bits per heavy atom. The maximum absolute atomic E-state index is 11.7. The molecule has 0 aliphatic rings. The molecule has 1 aromatic carbocycles. The molecule has 6 nitrogen and oxygen atoms in total. The van der Waals surface area contributed by atoms with E-state index in [2.05, 4.69) is 10.1 Å². The summed E-state index contributed by atoms with van der Waals surface area (Å²) in [6.07, 6.45) is 0. The Balaban J connectivity index is 2.21. The van der Waals surface area contributed by atoms with Crippen molar-refractivity contribution in [3.05, 3.63) is 41.6 Å². The SMILES string of the molecule is COc1ccc(-c2cc(C(=O)O)c3c(C(C)C)noc3n2)cc1. The van der Waals surface area contributed by atoms with E-state index >= 15 is 0 Å². The van der Waals surface area contributed by atoms with E-state index in [1.807, 2.05) is 26.0 Å². The number of benzene rings is 1. The van der Waals surface area contributed by atoms with Gasteiger partial charge in [-0.05, 0) is 36.2 Å². The first kappa shape index (κ1) is 15.0. The summed E-state index contributed by atoms with van der Waals surface area (Å²) in [6.45, 7) is 3.86. The number of pyridine rings is 1. The minimum atomic E-state index is -1.03. The molecule has 23 heavy (non-hydrogen) atoms. The van der Waals surface area contributed by atoms with Crippen LogP contribution in [0.4, 0.5) is 0 Å². The van der Waals surface area contributed by atoms with Crippen molar-refractivity contribution in [3.8, 4) is 17.0 Å². The highest BCUT2D eigenvalue weighted by atomic mass is 16.5. The van der Waals surface area contributed by atoms with Gasteiger partial charge in [-0.25, -0.2) is 9.78 Å². The first-order valence-corrected chi connectivity index (χ1v) is 7.19. The molecular weight excluding hydrogens is 296 g/mol. The van der Waals surface area contributed by atoms with Gasteiger partial charge >= 0.3 is 5.97 Å². The van der Waals surface area contributed by atoms with E-state index in [-0.39, 0.29) is 17.2 Å². The number of carboxylic acids is 1. The maximum atomic E-state index is 11.7. The molecule has 0 aliphatic heterocycles. The van der Waals surface area contributed by atoms with Crippen LogP contribution in [0.25, 0.3) is 22.4 Å². The third-order valence-electron chi connectivity index (χ3n) is 3.64. The molecule has 0 spiro atoms. The molecule has 3 aromatic rings. The number of aromatic carboxylic acids is 1. The number of aromatic nitrogens is 2. The molecule has 0 amide bonds. The molecule has 0 aliphatic carbocycles. The van der Waals surface area contributed by atoms with Crippen LogP contribution >= 0.6 is 0 Å². The van der Waals surface area contributed by atoms with E-state index in [1.54, 1.807) is 25.3 Å². The van der Waals surface area contributed by atoms with Crippen molar-refractivity contribution in [3.63, 3.8) is 0 Å². The molecule has 6 heteroatoms. The minimum Gasteiger partial charge on any atom is -0.497 e. The van der Waals surface area contributed by atoms with Crippen molar-refractivity contribution in [1.82, 2.24) is 10.1 Å². The van der Waals surface area contributed by atoms with Gasteiger partial charge in [-0.3, -0.25) is 0 Å². The summed E-state index contributed by atoms with van der Waals surface area (Å²) >= 11 is 0. The van der Waals surface area contributed by atoms with Gasteiger partial charge < -0.3 is 14.4 Å². The van der Waals surface area contributed by atoms with Gasteiger partial charge in [0, 0.05) is 5.56 Å². The molecule has 2 heterocycles. The maximum Gasteiger partial charge on any atom is 0.336 e. The molecule has 3 rings (SSSR count). The number of hydrogen-bond acceptors (Lipinski definition) is 5. The van der Waals surface area contributed by atoms with E-state index in [1.165, 1.54) is 0 Å². The first-order chi connectivity index (χ1) is 11.0. The van der Waals surface area contributed by atoms with Crippen LogP contribution in [0, 0.1) is 0 Å². The average Bonchev–Trinajstić information content (AvgIpc) is 2.98. The zero-order valence-electron chi connectivity index (χ0n) is 13.0. The molecular formula is C17H16N2O4. The Hall–Kier alpha value is -2.89. The van der Waals surface area contributed by atoms with E-state index in [4.69, 9.17) is 9.26 Å². The van der Waals surface area contributed by atoms with Crippen LogP contribution < -0.4 is 4.74 Å². The zero-order chi connectivity index (χ0) is 16.6. The zero-order valence-corrected chi connectivity index (χ0v) is 13.0. The second kappa shape index (κ2) is 5.72. The first-order valence-electron chi connectivity index (χ1n) is 7.19. The number of ether oxygens (including phenoxy) is 1. The highest BCUT2D eigenvalue weighted by Crippen LogP contribution is 2.31. The fraction of sp³-hybridized carbons (Fsp3) is 0.235. The Kier molecular flexibility index (Phi) is 3.73. The molecule has 0 bridgehead atoms. The van der Waals surface area contributed by atoms with Gasteiger partial charge in [-0.15, -0.1) is 0 Å². The Morgan fingerprint density at radius 3 is 2.52 bits per heavy atom. The van der Waals surface area contributed by atoms with E-state index in [0.29, 0.717) is 16.8 Å². The number of nitrogens with zero attached hydrogens (tertiary/aromatic N) is 2. The second-order valence-electron chi connectivity index (χ2n) is 5.49. The summed E-state index contributed by atoms with van der Waals surface area (Å²) in [4.78, 5) is 16.1. The lowest BCUT2D eigenvalue weighted by molar-refractivity contribution is 0.0699. The summed E-state index contributed by atoms with van der Waals surface area (Å²) in [5.41, 5.74) is 2.28. The number of fused-ring (bicyclic) bond motifs is 1. The standard InChI is InChI=1S/C17H16N2O4/c1-9(2)15-14-12(17(20)21)8-13(18-16(14)23-19-15)10-4-6-11(22-3)7-5-10/h4-9H,1-3H3,(H,20,21). The fourth-order valence-corrected chi connectivity index (χ4v) is 2.45. The summed E-state index contributed by atoms with van der Waals surface area (Å²) in [7, 11) is 1.59. The molecule has 0 fully saturated rings. The van der Waals surface area contributed by atoms with Crippen molar-refractivity contribution in [2.24, 2.45) is 0 Å². The predicted molar refractivity (Wildman–Crippen MR) is 84.8 cm³/mol. The summed E-state index contributed by atoms with van der Waals surface area (Å²) in [5, 5.41) is 14.0. The third-order valence-corrected chi connectivity index (χ3v) is 3.64.